The molecule has 0 aliphatic carbocycles. The van der Waals surface area contributed by atoms with Crippen molar-refractivity contribution in [2.24, 2.45) is 0 Å². The fourth-order valence-corrected chi connectivity index (χ4v) is 2.03. The Morgan fingerprint density at radius 2 is 1.74 bits per heavy atom. The van der Waals surface area contributed by atoms with E-state index < -0.39 is 43.3 Å². The number of phenolic OH excluding ortho intramolecular Hbond substituents is 1. The van der Waals surface area contributed by atoms with Crippen molar-refractivity contribution in [1.29, 1.82) is 0 Å². The first-order valence-corrected chi connectivity index (χ1v) is 6.90. The molecule has 1 fully saturated rings. The van der Waals surface area contributed by atoms with Crippen molar-refractivity contribution in [1.82, 2.24) is 0 Å². The number of ether oxygens (including phenoxy) is 2. The van der Waals surface area contributed by atoms with Gasteiger partial charge < -0.3 is 35.0 Å². The second-order valence-electron chi connectivity index (χ2n) is 5.09. The van der Waals surface area contributed by atoms with Crippen molar-refractivity contribution >= 4 is 12.0 Å². The third-order valence-electron chi connectivity index (χ3n) is 3.38. The van der Waals surface area contributed by atoms with Gasteiger partial charge in [-0.25, -0.2) is 4.79 Å². The van der Waals surface area contributed by atoms with Gasteiger partial charge in [-0.1, -0.05) is 12.1 Å². The maximum Gasteiger partial charge on any atom is 0.330 e. The van der Waals surface area contributed by atoms with E-state index in [2.05, 4.69) is 0 Å². The Labute approximate surface area is 131 Å². The number of esters is 1. The molecule has 5 N–H and O–H groups in total. The summed E-state index contributed by atoms with van der Waals surface area (Å²) < 4.78 is 9.74. The SMILES string of the molecule is O=C(/C=C/c1ccc(O)cc1)OC[C@H]1O[C@H](O)[C@H](O)[C@@H](O)[C@@H]1O. The number of benzene rings is 1. The quantitative estimate of drug-likeness (QED) is 0.342. The van der Waals surface area contributed by atoms with Crippen LogP contribution in [0.4, 0.5) is 0 Å². The molecule has 1 aliphatic rings. The zero-order chi connectivity index (χ0) is 17.0. The molecule has 23 heavy (non-hydrogen) atoms. The Kier molecular flexibility index (Phi) is 5.69. The molecule has 0 bridgehead atoms. The molecular formula is C15H18O8. The Balaban J connectivity index is 1.85. The zero-order valence-electron chi connectivity index (χ0n) is 12.0. The Hall–Kier alpha value is -1.97. The number of hydrogen-bond donors (Lipinski definition) is 5. The van der Waals surface area contributed by atoms with Gasteiger partial charge in [0.15, 0.2) is 6.29 Å². The fraction of sp³-hybridized carbons (Fsp3) is 0.400. The van der Waals surface area contributed by atoms with E-state index in [4.69, 9.17) is 14.6 Å². The van der Waals surface area contributed by atoms with Gasteiger partial charge in [0.1, 0.15) is 36.8 Å². The molecule has 2 rings (SSSR count). The summed E-state index contributed by atoms with van der Waals surface area (Å²) in [6.07, 6.45) is -4.96. The molecule has 1 aromatic carbocycles. The van der Waals surface area contributed by atoms with Crippen LogP contribution < -0.4 is 0 Å². The van der Waals surface area contributed by atoms with E-state index >= 15 is 0 Å². The smallest absolute Gasteiger partial charge is 0.330 e. The Morgan fingerprint density at radius 3 is 2.39 bits per heavy atom. The normalized spacial score (nSPS) is 31.2. The number of rotatable bonds is 4. The summed E-state index contributed by atoms with van der Waals surface area (Å²) in [7, 11) is 0. The van der Waals surface area contributed by atoms with Gasteiger partial charge in [0.25, 0.3) is 0 Å². The lowest BCUT2D eigenvalue weighted by molar-refractivity contribution is -0.287. The third-order valence-corrected chi connectivity index (χ3v) is 3.38. The van der Waals surface area contributed by atoms with E-state index in [9.17, 15) is 25.2 Å². The molecule has 1 saturated heterocycles. The van der Waals surface area contributed by atoms with Crippen molar-refractivity contribution in [2.45, 2.75) is 30.7 Å². The first-order chi connectivity index (χ1) is 10.9. The monoisotopic (exact) mass is 326 g/mol. The van der Waals surface area contributed by atoms with Crippen molar-refractivity contribution < 1.29 is 39.8 Å². The number of carbonyl (C=O) groups excluding carboxylic acids is 1. The molecule has 0 aromatic heterocycles. The van der Waals surface area contributed by atoms with E-state index in [-0.39, 0.29) is 5.75 Å². The van der Waals surface area contributed by atoms with Crippen LogP contribution in [0.2, 0.25) is 0 Å². The van der Waals surface area contributed by atoms with E-state index in [1.54, 1.807) is 12.1 Å². The topological polar surface area (TPSA) is 137 Å². The highest BCUT2D eigenvalue weighted by Crippen LogP contribution is 2.20. The van der Waals surface area contributed by atoms with Crippen LogP contribution in [0.15, 0.2) is 30.3 Å². The predicted molar refractivity (Wildman–Crippen MR) is 77.0 cm³/mol. The van der Waals surface area contributed by atoms with Gasteiger partial charge in [0, 0.05) is 6.08 Å². The van der Waals surface area contributed by atoms with Crippen LogP contribution in [0.25, 0.3) is 6.08 Å². The lowest BCUT2D eigenvalue weighted by Gasteiger charge is -2.37. The van der Waals surface area contributed by atoms with Gasteiger partial charge in [-0.15, -0.1) is 0 Å². The van der Waals surface area contributed by atoms with Gasteiger partial charge in [-0.2, -0.15) is 0 Å². The maximum absolute atomic E-state index is 11.6. The molecule has 8 nitrogen and oxygen atoms in total. The van der Waals surface area contributed by atoms with Crippen molar-refractivity contribution in [2.75, 3.05) is 6.61 Å². The molecule has 1 aliphatic heterocycles. The number of carbonyl (C=O) groups is 1. The number of aliphatic hydroxyl groups is 4. The first-order valence-electron chi connectivity index (χ1n) is 6.90. The number of phenols is 1. The summed E-state index contributed by atoms with van der Waals surface area (Å²) in [5.41, 5.74) is 0.669. The molecule has 1 heterocycles. The van der Waals surface area contributed by atoms with Gasteiger partial charge in [-0.3, -0.25) is 0 Å². The molecule has 0 radical (unpaired) electrons. The average Bonchev–Trinajstić information content (AvgIpc) is 2.54. The lowest BCUT2D eigenvalue weighted by Crippen LogP contribution is -2.58. The van der Waals surface area contributed by atoms with Crippen LogP contribution in [-0.2, 0) is 14.3 Å². The highest BCUT2D eigenvalue weighted by atomic mass is 16.6. The minimum atomic E-state index is -1.68. The maximum atomic E-state index is 11.6. The van der Waals surface area contributed by atoms with Crippen LogP contribution in [0.5, 0.6) is 5.75 Å². The number of aliphatic hydroxyl groups excluding tert-OH is 4. The van der Waals surface area contributed by atoms with Gasteiger partial charge in [0.2, 0.25) is 0 Å². The summed E-state index contributed by atoms with van der Waals surface area (Å²) in [5.74, 6) is -0.614. The number of aromatic hydroxyl groups is 1. The second-order valence-corrected chi connectivity index (χ2v) is 5.09. The van der Waals surface area contributed by atoms with Crippen LogP contribution >= 0.6 is 0 Å². The highest BCUT2D eigenvalue weighted by molar-refractivity contribution is 5.87. The van der Waals surface area contributed by atoms with E-state index in [0.29, 0.717) is 5.56 Å². The highest BCUT2D eigenvalue weighted by Gasteiger charge is 2.43. The minimum absolute atomic E-state index is 0.104. The van der Waals surface area contributed by atoms with Gasteiger partial charge in [-0.05, 0) is 23.8 Å². The Bertz CT molecular complexity index is 555. The summed E-state index contributed by atoms with van der Waals surface area (Å²) in [5, 5.41) is 47.0. The standard InChI is InChI=1S/C15H18O8/c16-9-4-1-8(2-5-9)3-6-11(17)22-7-10-12(18)13(19)14(20)15(21)23-10/h1-6,10,12-16,18-21H,7H2/b6-3+/t10-,12-,13+,14-,15+/m1/s1. The molecule has 126 valence electrons. The molecule has 8 heteroatoms. The molecular weight excluding hydrogens is 308 g/mol. The van der Waals surface area contributed by atoms with Gasteiger partial charge in [0.05, 0.1) is 0 Å². The van der Waals surface area contributed by atoms with Crippen LogP contribution in [-0.4, -0.2) is 68.8 Å². The molecule has 0 amide bonds. The zero-order valence-corrected chi connectivity index (χ0v) is 12.0. The van der Waals surface area contributed by atoms with Crippen LogP contribution in [0, 0.1) is 0 Å². The first kappa shape index (κ1) is 17.4. The molecule has 1 aromatic rings. The van der Waals surface area contributed by atoms with Crippen LogP contribution in [0.1, 0.15) is 5.56 Å². The molecule has 5 atom stereocenters. The average molecular weight is 326 g/mol. The summed E-state index contributed by atoms with van der Waals surface area (Å²) >= 11 is 0. The van der Waals surface area contributed by atoms with Crippen molar-refractivity contribution in [3.8, 4) is 5.75 Å². The summed E-state index contributed by atoms with van der Waals surface area (Å²) in [4.78, 5) is 11.6. The second kappa shape index (κ2) is 7.53. The third kappa shape index (κ3) is 4.50. The molecule has 0 saturated carbocycles. The van der Waals surface area contributed by atoms with Crippen molar-refractivity contribution in [3.63, 3.8) is 0 Å². The minimum Gasteiger partial charge on any atom is -0.508 e. The number of hydrogen-bond acceptors (Lipinski definition) is 8. The van der Waals surface area contributed by atoms with Gasteiger partial charge >= 0.3 is 5.97 Å². The fourth-order valence-electron chi connectivity index (χ4n) is 2.03. The van der Waals surface area contributed by atoms with E-state index in [0.717, 1.165) is 6.08 Å². The Morgan fingerprint density at radius 1 is 1.09 bits per heavy atom. The summed E-state index contributed by atoms with van der Waals surface area (Å²) in [6.45, 7) is -0.402. The largest absolute Gasteiger partial charge is 0.508 e. The predicted octanol–water partition coefficient (Wildman–Crippen LogP) is -1.25. The van der Waals surface area contributed by atoms with Crippen molar-refractivity contribution in [3.05, 3.63) is 35.9 Å². The molecule has 0 spiro atoms. The van der Waals surface area contributed by atoms with Crippen LogP contribution in [0.3, 0.4) is 0 Å². The van der Waals surface area contributed by atoms with E-state index in [1.165, 1.54) is 18.2 Å². The van der Waals surface area contributed by atoms with E-state index in [1.807, 2.05) is 0 Å². The lowest BCUT2D eigenvalue weighted by atomic mass is 9.99. The molecule has 0 unspecified atom stereocenters. The summed E-state index contributed by atoms with van der Waals surface area (Å²) in [6, 6.07) is 6.12.